The average molecular weight is 704 g/mol. The van der Waals surface area contributed by atoms with Gasteiger partial charge in [-0.15, -0.1) is 0 Å². The molecule has 3 unspecified atom stereocenters. The van der Waals surface area contributed by atoms with Gasteiger partial charge in [0, 0.05) is 40.0 Å². The molecular weight excluding hydrogens is 650 g/mol. The minimum Gasteiger partial charge on any atom is -0.461 e. The number of ether oxygens (including phenoxy) is 1. The van der Waals surface area contributed by atoms with Crippen LogP contribution in [0.5, 0.6) is 0 Å². The zero-order chi connectivity index (χ0) is 37.2. The van der Waals surface area contributed by atoms with E-state index in [1.165, 1.54) is 14.7 Å². The van der Waals surface area contributed by atoms with Crippen LogP contribution < -0.4 is 10.6 Å². The van der Waals surface area contributed by atoms with E-state index >= 15 is 0 Å². The number of hydrogen-bond acceptors (Lipinski definition) is 7. The van der Waals surface area contributed by atoms with E-state index in [2.05, 4.69) is 10.6 Å². The first kappa shape index (κ1) is 39.1. The van der Waals surface area contributed by atoms with Crippen LogP contribution in [0.2, 0.25) is 0 Å². The average Bonchev–Trinajstić information content (AvgIpc) is 3.60. The van der Waals surface area contributed by atoms with Crippen LogP contribution in [0.3, 0.4) is 0 Å². The van der Waals surface area contributed by atoms with Crippen molar-refractivity contribution in [1.29, 1.82) is 0 Å². The third-order valence-corrected chi connectivity index (χ3v) is 9.84. The van der Waals surface area contributed by atoms with Crippen LogP contribution in [-0.4, -0.2) is 108 Å². The van der Waals surface area contributed by atoms with Gasteiger partial charge in [-0.3, -0.25) is 28.8 Å². The summed E-state index contributed by atoms with van der Waals surface area (Å²) in [4.78, 5) is 87.3. The summed E-state index contributed by atoms with van der Waals surface area (Å²) in [5, 5.41) is 5.74. The number of esters is 1. The van der Waals surface area contributed by atoms with Gasteiger partial charge < -0.3 is 30.1 Å². The molecule has 0 aromatic heterocycles. The molecular formula is C39H53N5O7. The molecule has 0 bridgehead atoms. The number of likely N-dealkylation sites (N-methyl/N-ethyl adjacent to an activating group) is 2. The van der Waals surface area contributed by atoms with Crippen molar-refractivity contribution in [2.24, 2.45) is 11.8 Å². The van der Waals surface area contributed by atoms with Gasteiger partial charge >= 0.3 is 5.97 Å². The fourth-order valence-electron chi connectivity index (χ4n) is 6.88. The Kier molecular flexibility index (Phi) is 13.8. The monoisotopic (exact) mass is 703 g/mol. The quantitative estimate of drug-likeness (QED) is 0.441. The second-order valence-electron chi connectivity index (χ2n) is 14.3. The summed E-state index contributed by atoms with van der Waals surface area (Å²) >= 11 is 0. The molecule has 0 spiro atoms. The van der Waals surface area contributed by atoms with Crippen molar-refractivity contribution >= 4 is 35.5 Å². The lowest BCUT2D eigenvalue weighted by atomic mass is 9.97. The first-order chi connectivity index (χ1) is 24.3. The molecule has 2 aliphatic heterocycles. The number of nitrogens with one attached hydrogen (secondary N) is 2. The second kappa shape index (κ2) is 18.0. The van der Waals surface area contributed by atoms with Crippen molar-refractivity contribution in [3.63, 3.8) is 0 Å². The van der Waals surface area contributed by atoms with Crippen LogP contribution in [0.25, 0.3) is 0 Å². The van der Waals surface area contributed by atoms with Gasteiger partial charge in [-0.05, 0) is 35.8 Å². The van der Waals surface area contributed by atoms with Crippen molar-refractivity contribution in [1.82, 2.24) is 25.3 Å². The van der Waals surface area contributed by atoms with E-state index in [4.69, 9.17) is 4.74 Å². The molecule has 2 aromatic carbocycles. The van der Waals surface area contributed by atoms with Crippen LogP contribution in [0.15, 0.2) is 60.7 Å². The van der Waals surface area contributed by atoms with Crippen molar-refractivity contribution in [3.05, 3.63) is 71.8 Å². The normalized spacial score (nSPS) is 25.1. The molecule has 2 saturated heterocycles. The van der Waals surface area contributed by atoms with E-state index < -0.39 is 59.9 Å². The molecule has 5 amide bonds. The van der Waals surface area contributed by atoms with Crippen molar-refractivity contribution in [2.45, 2.75) is 96.5 Å². The largest absolute Gasteiger partial charge is 0.461 e. The fraction of sp³-hybridized carbons (Fsp3) is 0.538. The third kappa shape index (κ3) is 10.2. The standard InChI is InChI=1S/C39H53N5O7/c1-25(2)32-24-33(45)44-21-13-18-30(44)37(48)41-29(22-27-14-9-7-10-15-27)38(49)43(6)35(26(3)4)39(50)42(5)31(23-28-16-11-8-12-17-28)36(47)40-20-19-34(46)51-32/h7-12,14-17,25-26,29-32,35H,13,18-24H2,1-6H3,(H,40,47)(H,41,48)/t29?,30-,31?,32?,35-/m0/s1. The lowest BCUT2D eigenvalue weighted by Gasteiger charge is -2.38. The predicted molar refractivity (Wildman–Crippen MR) is 192 cm³/mol. The van der Waals surface area contributed by atoms with Gasteiger partial charge in [0.2, 0.25) is 29.5 Å². The Morgan fingerprint density at radius 3 is 1.96 bits per heavy atom. The Balaban J connectivity index is 1.73. The maximum absolute atomic E-state index is 14.4. The molecule has 0 radical (unpaired) electrons. The van der Waals surface area contributed by atoms with Crippen LogP contribution in [0, 0.1) is 11.8 Å². The zero-order valence-corrected chi connectivity index (χ0v) is 30.7. The highest BCUT2D eigenvalue weighted by molar-refractivity contribution is 5.96. The number of benzene rings is 2. The highest BCUT2D eigenvalue weighted by atomic mass is 16.5. The van der Waals surface area contributed by atoms with Gasteiger partial charge in [0.05, 0.1) is 12.8 Å². The molecule has 4 rings (SSSR count). The topological polar surface area (TPSA) is 145 Å². The number of cyclic esters (lactones) is 1. The van der Waals surface area contributed by atoms with E-state index in [0.29, 0.717) is 19.4 Å². The van der Waals surface area contributed by atoms with Gasteiger partial charge in [0.25, 0.3) is 0 Å². The number of rotatable bonds is 6. The summed E-state index contributed by atoms with van der Waals surface area (Å²) in [5.74, 6) is -3.25. The molecule has 12 heteroatoms. The number of amides is 5. The molecule has 2 aliphatic rings. The van der Waals surface area contributed by atoms with Crippen molar-refractivity contribution in [3.8, 4) is 0 Å². The summed E-state index contributed by atoms with van der Waals surface area (Å²) in [6.45, 7) is 7.68. The molecule has 2 heterocycles. The van der Waals surface area contributed by atoms with E-state index in [-0.39, 0.29) is 50.0 Å². The van der Waals surface area contributed by atoms with Crippen LogP contribution in [0.1, 0.15) is 64.5 Å². The summed E-state index contributed by atoms with van der Waals surface area (Å²) in [6, 6.07) is 14.8. The van der Waals surface area contributed by atoms with Gasteiger partial charge in [-0.25, -0.2) is 0 Å². The Hall–Kier alpha value is -4.74. The molecule has 12 nitrogen and oxygen atoms in total. The molecule has 5 atom stereocenters. The van der Waals surface area contributed by atoms with E-state index in [9.17, 15) is 28.8 Å². The van der Waals surface area contributed by atoms with E-state index in [1.54, 1.807) is 14.1 Å². The second-order valence-corrected chi connectivity index (χ2v) is 14.3. The van der Waals surface area contributed by atoms with Gasteiger partial charge in [-0.2, -0.15) is 0 Å². The van der Waals surface area contributed by atoms with E-state index in [1.807, 2.05) is 88.4 Å². The maximum atomic E-state index is 14.4. The smallest absolute Gasteiger partial charge is 0.307 e. The Bertz CT molecular complexity index is 1530. The third-order valence-electron chi connectivity index (χ3n) is 9.84. The highest BCUT2D eigenvalue weighted by Gasteiger charge is 2.41. The summed E-state index contributed by atoms with van der Waals surface area (Å²) in [5.41, 5.74) is 1.64. The first-order valence-corrected chi connectivity index (χ1v) is 18.0. The molecule has 2 fully saturated rings. The van der Waals surface area contributed by atoms with Crippen molar-refractivity contribution < 1.29 is 33.5 Å². The summed E-state index contributed by atoms with van der Waals surface area (Å²) in [7, 11) is 3.09. The summed E-state index contributed by atoms with van der Waals surface area (Å²) in [6.07, 6.45) is 0.414. The highest BCUT2D eigenvalue weighted by Crippen LogP contribution is 2.23. The molecule has 0 saturated carbocycles. The minimum absolute atomic E-state index is 0.0364. The molecule has 51 heavy (non-hydrogen) atoms. The van der Waals surface area contributed by atoms with Gasteiger partial charge in [0.1, 0.15) is 30.3 Å². The predicted octanol–water partition coefficient (Wildman–Crippen LogP) is 2.74. The fourth-order valence-corrected chi connectivity index (χ4v) is 6.88. The minimum atomic E-state index is -1.04. The molecule has 0 aliphatic carbocycles. The number of carbonyl (C=O) groups excluding carboxylic acids is 6. The molecule has 2 aromatic rings. The Morgan fingerprint density at radius 1 is 0.765 bits per heavy atom. The van der Waals surface area contributed by atoms with Gasteiger partial charge in [0.15, 0.2) is 0 Å². The van der Waals surface area contributed by atoms with Crippen LogP contribution in [0.4, 0.5) is 0 Å². The van der Waals surface area contributed by atoms with Crippen LogP contribution in [-0.2, 0) is 46.3 Å². The van der Waals surface area contributed by atoms with Crippen LogP contribution >= 0.6 is 0 Å². The number of nitrogens with zero attached hydrogens (tertiary/aromatic N) is 3. The molecule has 276 valence electrons. The van der Waals surface area contributed by atoms with Crippen molar-refractivity contribution in [2.75, 3.05) is 27.2 Å². The maximum Gasteiger partial charge on any atom is 0.307 e. The summed E-state index contributed by atoms with van der Waals surface area (Å²) < 4.78 is 5.73. The zero-order valence-electron chi connectivity index (χ0n) is 30.7. The SMILES string of the molecule is CC(C)C1CC(=O)N2CCC[C@H]2C(=O)NC(Cc2ccccc2)C(=O)N(C)[C@@H](C(C)C)C(=O)N(C)C(Cc2ccccc2)C(=O)NCCC(=O)O1. The number of carbonyl (C=O) groups is 6. The first-order valence-electron chi connectivity index (χ1n) is 18.0. The lowest BCUT2D eigenvalue weighted by Crippen LogP contribution is -2.60. The molecule has 2 N–H and O–H groups in total. The number of fused-ring (bicyclic) bond motifs is 1. The Morgan fingerprint density at radius 2 is 1.37 bits per heavy atom. The van der Waals surface area contributed by atoms with Gasteiger partial charge in [-0.1, -0.05) is 88.4 Å². The number of hydrogen-bond donors (Lipinski definition) is 2. The Labute approximate surface area is 301 Å². The lowest BCUT2D eigenvalue weighted by molar-refractivity contribution is -0.155. The van der Waals surface area contributed by atoms with E-state index in [0.717, 1.165) is 11.1 Å².